The molecule has 0 radical (unpaired) electrons. The molecule has 1 atom stereocenters. The fourth-order valence-electron chi connectivity index (χ4n) is 2.40. The van der Waals surface area contributed by atoms with Gasteiger partial charge in [0.25, 0.3) is 5.89 Å². The van der Waals surface area contributed by atoms with Crippen LogP contribution in [0.3, 0.4) is 0 Å². The van der Waals surface area contributed by atoms with Gasteiger partial charge in [0.15, 0.2) is 11.9 Å². The number of Topliss-reactive ketones (excluding diaryl/α,β-unsaturated/α-hetero) is 1. The van der Waals surface area contributed by atoms with E-state index in [-0.39, 0.29) is 24.5 Å². The highest BCUT2D eigenvalue weighted by molar-refractivity contribution is 6.30. The van der Waals surface area contributed by atoms with Gasteiger partial charge in [-0.15, -0.1) is 10.2 Å². The molecule has 0 aliphatic rings. The predicted molar refractivity (Wildman–Crippen MR) is 99.3 cm³/mol. The normalized spacial score (nSPS) is 11.8. The highest BCUT2D eigenvalue weighted by atomic mass is 35.5. The van der Waals surface area contributed by atoms with Crippen molar-refractivity contribution in [3.05, 3.63) is 71.1 Å². The molecule has 138 valence electrons. The number of carbonyl (C=O) groups is 2. The van der Waals surface area contributed by atoms with Gasteiger partial charge in [0.2, 0.25) is 5.89 Å². The minimum Gasteiger partial charge on any atom is -0.453 e. The molecule has 3 rings (SSSR count). The Hall–Kier alpha value is -2.99. The number of nitrogens with zero attached hydrogens (tertiary/aromatic N) is 2. The number of hydrogen-bond acceptors (Lipinski definition) is 6. The Morgan fingerprint density at radius 1 is 1.04 bits per heavy atom. The molecule has 27 heavy (non-hydrogen) atoms. The topological polar surface area (TPSA) is 82.3 Å². The molecule has 0 fully saturated rings. The summed E-state index contributed by atoms with van der Waals surface area (Å²) in [5.74, 6) is -0.109. The minimum atomic E-state index is -0.701. The monoisotopic (exact) mass is 384 g/mol. The molecule has 3 aromatic rings. The zero-order chi connectivity index (χ0) is 19.2. The molecule has 0 aliphatic carbocycles. The van der Waals surface area contributed by atoms with Crippen molar-refractivity contribution >= 4 is 23.4 Å². The molecule has 0 amide bonds. The number of aromatic nitrogens is 2. The van der Waals surface area contributed by atoms with Gasteiger partial charge in [0.1, 0.15) is 0 Å². The van der Waals surface area contributed by atoms with Crippen LogP contribution < -0.4 is 0 Å². The first-order valence-corrected chi connectivity index (χ1v) is 8.78. The molecule has 0 saturated heterocycles. The maximum absolute atomic E-state index is 12.1. The van der Waals surface area contributed by atoms with Crippen LogP contribution in [-0.2, 0) is 9.53 Å². The first kappa shape index (κ1) is 18.8. The number of ether oxygens (including phenoxy) is 1. The van der Waals surface area contributed by atoms with Crippen LogP contribution in [0.2, 0.25) is 5.02 Å². The summed E-state index contributed by atoms with van der Waals surface area (Å²) in [5.41, 5.74) is 1.29. The van der Waals surface area contributed by atoms with Crippen LogP contribution in [-0.4, -0.2) is 21.9 Å². The second kappa shape index (κ2) is 8.60. The van der Waals surface area contributed by atoms with Crippen molar-refractivity contribution in [1.82, 2.24) is 10.2 Å². The van der Waals surface area contributed by atoms with Gasteiger partial charge in [-0.05, 0) is 43.3 Å². The Balaban J connectivity index is 1.52. The fourth-order valence-corrected chi connectivity index (χ4v) is 2.52. The van der Waals surface area contributed by atoms with E-state index in [4.69, 9.17) is 20.8 Å². The molecule has 1 aromatic heterocycles. The summed E-state index contributed by atoms with van der Waals surface area (Å²) >= 11 is 5.79. The van der Waals surface area contributed by atoms with Crippen molar-refractivity contribution < 1.29 is 18.7 Å². The van der Waals surface area contributed by atoms with Crippen LogP contribution in [0.1, 0.15) is 42.1 Å². The van der Waals surface area contributed by atoms with Crippen molar-refractivity contribution in [2.75, 3.05) is 0 Å². The van der Waals surface area contributed by atoms with Crippen molar-refractivity contribution in [3.63, 3.8) is 0 Å². The number of benzene rings is 2. The van der Waals surface area contributed by atoms with E-state index in [1.54, 1.807) is 31.2 Å². The summed E-state index contributed by atoms with van der Waals surface area (Å²) in [5, 5.41) is 8.44. The SMILES string of the molecule is CC(OC(=O)CCC(=O)c1ccc(Cl)cc1)c1nnc(-c2ccccc2)o1. The van der Waals surface area contributed by atoms with Gasteiger partial charge in [-0.1, -0.05) is 29.8 Å². The molecular weight excluding hydrogens is 368 g/mol. The molecule has 7 heteroatoms. The van der Waals surface area contributed by atoms with Gasteiger partial charge < -0.3 is 9.15 Å². The molecule has 1 unspecified atom stereocenters. The van der Waals surface area contributed by atoms with Crippen molar-refractivity contribution in [3.8, 4) is 11.5 Å². The second-order valence-electron chi connectivity index (χ2n) is 5.87. The lowest BCUT2D eigenvalue weighted by Gasteiger charge is -2.09. The van der Waals surface area contributed by atoms with E-state index in [1.807, 2.05) is 30.3 Å². The number of esters is 1. The number of ketones is 1. The molecule has 0 aliphatic heterocycles. The summed E-state index contributed by atoms with van der Waals surface area (Å²) in [4.78, 5) is 24.1. The molecule has 0 bridgehead atoms. The van der Waals surface area contributed by atoms with Gasteiger partial charge in [0, 0.05) is 22.6 Å². The van der Waals surface area contributed by atoms with Gasteiger partial charge in [-0.25, -0.2) is 0 Å². The maximum Gasteiger partial charge on any atom is 0.307 e. The molecule has 0 spiro atoms. The zero-order valence-corrected chi connectivity index (χ0v) is 15.3. The Morgan fingerprint density at radius 3 is 2.44 bits per heavy atom. The van der Waals surface area contributed by atoms with E-state index in [9.17, 15) is 9.59 Å². The number of halogens is 1. The van der Waals surface area contributed by atoms with Gasteiger partial charge in [0.05, 0.1) is 6.42 Å². The summed E-state index contributed by atoms with van der Waals surface area (Å²) in [6, 6.07) is 15.8. The van der Waals surface area contributed by atoms with Gasteiger partial charge in [-0.2, -0.15) is 0 Å². The Kier molecular flexibility index (Phi) is 5.98. The summed E-state index contributed by atoms with van der Waals surface area (Å²) in [6.45, 7) is 1.64. The lowest BCUT2D eigenvalue weighted by Crippen LogP contribution is -2.11. The van der Waals surface area contributed by atoms with Crippen LogP contribution in [0.15, 0.2) is 59.0 Å². The average Bonchev–Trinajstić information content (AvgIpc) is 3.18. The number of rotatable bonds is 7. The third kappa shape index (κ3) is 5.01. The summed E-state index contributed by atoms with van der Waals surface area (Å²) in [6.07, 6.45) is -0.689. The Labute approximate surface area is 161 Å². The van der Waals surface area contributed by atoms with Gasteiger partial charge >= 0.3 is 5.97 Å². The van der Waals surface area contributed by atoms with E-state index in [1.165, 1.54) is 0 Å². The van der Waals surface area contributed by atoms with Crippen molar-refractivity contribution in [2.45, 2.75) is 25.9 Å². The first-order valence-electron chi connectivity index (χ1n) is 8.40. The van der Waals surface area contributed by atoms with Crippen molar-refractivity contribution in [2.24, 2.45) is 0 Å². The van der Waals surface area contributed by atoms with Crippen LogP contribution in [0.4, 0.5) is 0 Å². The lowest BCUT2D eigenvalue weighted by molar-refractivity contribution is -0.149. The molecule has 0 N–H and O–H groups in total. The van der Waals surface area contributed by atoms with Gasteiger partial charge in [-0.3, -0.25) is 9.59 Å². The largest absolute Gasteiger partial charge is 0.453 e. The van der Waals surface area contributed by atoms with E-state index in [0.29, 0.717) is 16.5 Å². The fraction of sp³-hybridized carbons (Fsp3) is 0.200. The van der Waals surface area contributed by atoms with Crippen LogP contribution in [0.25, 0.3) is 11.5 Å². The molecule has 1 heterocycles. The number of hydrogen-bond donors (Lipinski definition) is 0. The molecule has 2 aromatic carbocycles. The standard InChI is InChI=1S/C20H17ClN2O4/c1-13(19-22-23-20(27-19)15-5-3-2-4-6-15)26-18(25)12-11-17(24)14-7-9-16(21)10-8-14/h2-10,13H,11-12H2,1H3. The highest BCUT2D eigenvalue weighted by Gasteiger charge is 2.19. The average molecular weight is 385 g/mol. The Bertz CT molecular complexity index is 923. The molecular formula is C20H17ClN2O4. The Morgan fingerprint density at radius 2 is 1.74 bits per heavy atom. The van der Waals surface area contributed by atoms with E-state index in [2.05, 4.69) is 10.2 Å². The second-order valence-corrected chi connectivity index (χ2v) is 6.31. The smallest absolute Gasteiger partial charge is 0.307 e. The zero-order valence-electron chi connectivity index (χ0n) is 14.6. The van der Waals surface area contributed by atoms with E-state index in [0.717, 1.165) is 5.56 Å². The quantitative estimate of drug-likeness (QED) is 0.435. The van der Waals surface area contributed by atoms with Crippen LogP contribution >= 0.6 is 11.6 Å². The summed E-state index contributed by atoms with van der Waals surface area (Å²) < 4.78 is 10.8. The first-order chi connectivity index (χ1) is 13.0. The van der Waals surface area contributed by atoms with Crippen LogP contribution in [0, 0.1) is 0 Å². The third-order valence-corrected chi connectivity index (χ3v) is 4.09. The third-order valence-electron chi connectivity index (χ3n) is 3.84. The molecule has 6 nitrogen and oxygen atoms in total. The predicted octanol–water partition coefficient (Wildman–Crippen LogP) is 4.66. The van der Waals surface area contributed by atoms with E-state index < -0.39 is 12.1 Å². The maximum atomic E-state index is 12.1. The number of carbonyl (C=O) groups excluding carboxylic acids is 2. The van der Waals surface area contributed by atoms with E-state index >= 15 is 0 Å². The van der Waals surface area contributed by atoms with Crippen molar-refractivity contribution in [1.29, 1.82) is 0 Å². The van der Waals surface area contributed by atoms with Crippen LogP contribution in [0.5, 0.6) is 0 Å². The highest BCUT2D eigenvalue weighted by Crippen LogP contribution is 2.22. The minimum absolute atomic E-state index is 0.0362. The lowest BCUT2D eigenvalue weighted by atomic mass is 10.1. The molecule has 0 saturated carbocycles. The summed E-state index contributed by atoms with van der Waals surface area (Å²) in [7, 11) is 0.